The number of benzene rings is 2. The Kier molecular flexibility index (Phi) is 7.27. The number of aliphatic hydroxyl groups excluding tert-OH is 1. The lowest BCUT2D eigenvalue weighted by Crippen LogP contribution is -2.08. The van der Waals surface area contributed by atoms with Crippen molar-refractivity contribution < 1.29 is 14.6 Å². The molecule has 33 heavy (non-hydrogen) atoms. The van der Waals surface area contributed by atoms with E-state index in [0.717, 1.165) is 22.3 Å². The maximum Gasteiger partial charge on any atom is 0.163 e. The van der Waals surface area contributed by atoms with Crippen molar-refractivity contribution >= 4 is 45.3 Å². The smallest absolute Gasteiger partial charge is 0.163 e. The number of nitrogens with zero attached hydrogens (tertiary/aromatic N) is 3. The van der Waals surface area contributed by atoms with E-state index >= 15 is 0 Å². The number of thiazole rings is 1. The minimum atomic E-state index is -0.0680. The van der Waals surface area contributed by atoms with Gasteiger partial charge in [0.25, 0.3) is 0 Å². The van der Waals surface area contributed by atoms with Crippen LogP contribution in [-0.4, -0.2) is 32.8 Å². The Labute approximate surface area is 201 Å². The van der Waals surface area contributed by atoms with Crippen LogP contribution in [0.25, 0.3) is 22.2 Å². The number of alkyl halides is 1. The molecule has 2 heterocycles. The standard InChI is InChI=1S/C24H25ClN4O3S/c1-4-31-20-9-17-18(10-21(20)32-14(2)3)27-22(11-25)29-24(17)26-16-7-5-6-15(8-16)19-13-33-23(12-30)28-19/h5-10,13-14,30H,4,11-12H2,1-3H3,(H,26,27,29). The predicted octanol–water partition coefficient (Wildman–Crippen LogP) is 5.91. The highest BCUT2D eigenvalue weighted by atomic mass is 35.5. The van der Waals surface area contributed by atoms with Gasteiger partial charge in [-0.15, -0.1) is 22.9 Å². The SMILES string of the molecule is CCOc1cc2c(Nc3cccc(-c4csc(CO)n4)c3)nc(CCl)nc2cc1OC(C)C. The first kappa shape index (κ1) is 23.2. The number of rotatable bonds is 9. The summed E-state index contributed by atoms with van der Waals surface area (Å²) >= 11 is 7.52. The molecule has 4 aromatic rings. The largest absolute Gasteiger partial charge is 0.490 e. The average Bonchev–Trinajstić information content (AvgIpc) is 3.29. The van der Waals surface area contributed by atoms with E-state index in [1.165, 1.54) is 11.3 Å². The number of hydrogen-bond donors (Lipinski definition) is 2. The molecular formula is C24H25ClN4O3S. The molecule has 0 radical (unpaired) electrons. The van der Waals surface area contributed by atoms with Gasteiger partial charge in [-0.1, -0.05) is 12.1 Å². The molecule has 0 saturated heterocycles. The van der Waals surface area contributed by atoms with E-state index in [1.54, 1.807) is 0 Å². The molecular weight excluding hydrogens is 460 g/mol. The van der Waals surface area contributed by atoms with E-state index in [1.807, 2.05) is 62.5 Å². The highest BCUT2D eigenvalue weighted by molar-refractivity contribution is 7.09. The fourth-order valence-corrected chi connectivity index (χ4v) is 4.14. The fourth-order valence-electron chi connectivity index (χ4n) is 3.36. The number of aromatic nitrogens is 3. The van der Waals surface area contributed by atoms with Gasteiger partial charge in [-0.25, -0.2) is 15.0 Å². The van der Waals surface area contributed by atoms with Crippen LogP contribution in [0.1, 0.15) is 31.6 Å². The number of hydrogen-bond acceptors (Lipinski definition) is 8. The van der Waals surface area contributed by atoms with Crippen molar-refractivity contribution in [1.29, 1.82) is 0 Å². The summed E-state index contributed by atoms with van der Waals surface area (Å²) in [7, 11) is 0. The summed E-state index contributed by atoms with van der Waals surface area (Å²) in [4.78, 5) is 13.7. The van der Waals surface area contributed by atoms with E-state index < -0.39 is 0 Å². The molecule has 0 aliphatic heterocycles. The Morgan fingerprint density at radius 2 is 1.97 bits per heavy atom. The zero-order valence-corrected chi connectivity index (χ0v) is 20.2. The van der Waals surface area contributed by atoms with Gasteiger partial charge >= 0.3 is 0 Å². The van der Waals surface area contributed by atoms with E-state index in [4.69, 9.17) is 21.1 Å². The van der Waals surface area contributed by atoms with Gasteiger partial charge in [-0.2, -0.15) is 0 Å². The summed E-state index contributed by atoms with van der Waals surface area (Å²) in [6.45, 7) is 6.31. The second-order valence-corrected chi connectivity index (χ2v) is 8.74. The van der Waals surface area contributed by atoms with E-state index in [-0.39, 0.29) is 18.6 Å². The van der Waals surface area contributed by atoms with Crippen LogP contribution in [0.3, 0.4) is 0 Å². The van der Waals surface area contributed by atoms with Crippen molar-refractivity contribution in [1.82, 2.24) is 15.0 Å². The number of nitrogens with one attached hydrogen (secondary N) is 1. The molecule has 0 amide bonds. The van der Waals surface area contributed by atoms with Crippen LogP contribution in [0.5, 0.6) is 11.5 Å². The van der Waals surface area contributed by atoms with Gasteiger partial charge in [0.1, 0.15) is 16.6 Å². The first-order valence-corrected chi connectivity index (χ1v) is 12.0. The van der Waals surface area contributed by atoms with Gasteiger partial charge in [0.2, 0.25) is 0 Å². The first-order valence-electron chi connectivity index (χ1n) is 10.6. The molecule has 9 heteroatoms. The highest BCUT2D eigenvalue weighted by Gasteiger charge is 2.15. The molecule has 2 aromatic heterocycles. The third kappa shape index (κ3) is 5.35. The summed E-state index contributed by atoms with van der Waals surface area (Å²) < 4.78 is 11.8. The minimum Gasteiger partial charge on any atom is -0.490 e. The van der Waals surface area contributed by atoms with Crippen molar-refractivity contribution in [3.63, 3.8) is 0 Å². The van der Waals surface area contributed by atoms with Gasteiger partial charge in [0.05, 0.1) is 36.4 Å². The number of fused-ring (bicyclic) bond motifs is 1. The monoisotopic (exact) mass is 484 g/mol. The fraction of sp³-hybridized carbons (Fsp3) is 0.292. The van der Waals surface area contributed by atoms with Gasteiger partial charge in [0, 0.05) is 28.1 Å². The maximum atomic E-state index is 9.32. The van der Waals surface area contributed by atoms with E-state index in [9.17, 15) is 5.11 Å². The molecule has 0 aliphatic rings. The Bertz CT molecular complexity index is 1260. The summed E-state index contributed by atoms with van der Waals surface area (Å²) in [5.74, 6) is 2.58. The van der Waals surface area contributed by atoms with E-state index in [2.05, 4.69) is 20.3 Å². The van der Waals surface area contributed by atoms with Crippen LogP contribution in [0.2, 0.25) is 0 Å². The molecule has 0 aliphatic carbocycles. The van der Waals surface area contributed by atoms with E-state index in [0.29, 0.717) is 40.3 Å². The molecule has 7 nitrogen and oxygen atoms in total. The maximum absolute atomic E-state index is 9.32. The zero-order chi connectivity index (χ0) is 23.4. The van der Waals surface area contributed by atoms with Crippen LogP contribution < -0.4 is 14.8 Å². The molecule has 0 fully saturated rings. The number of aliphatic hydroxyl groups is 1. The second kappa shape index (κ2) is 10.3. The molecule has 0 unspecified atom stereocenters. The Morgan fingerprint density at radius 1 is 1.12 bits per heavy atom. The second-order valence-electron chi connectivity index (χ2n) is 7.53. The van der Waals surface area contributed by atoms with Gasteiger partial charge < -0.3 is 19.9 Å². The molecule has 0 spiro atoms. The Morgan fingerprint density at radius 3 is 2.67 bits per heavy atom. The van der Waals surface area contributed by atoms with Crippen molar-refractivity contribution in [2.45, 2.75) is 39.4 Å². The normalized spacial score (nSPS) is 11.2. The molecule has 0 atom stereocenters. The summed E-state index contributed by atoms with van der Waals surface area (Å²) in [6.07, 6.45) is -0.00612. The average molecular weight is 485 g/mol. The number of ether oxygens (including phenoxy) is 2. The van der Waals surface area contributed by atoms with Crippen LogP contribution in [0.4, 0.5) is 11.5 Å². The molecule has 172 valence electrons. The lowest BCUT2D eigenvalue weighted by atomic mass is 10.1. The van der Waals surface area contributed by atoms with Gasteiger partial charge in [-0.3, -0.25) is 0 Å². The van der Waals surface area contributed by atoms with Crippen molar-refractivity contribution in [2.24, 2.45) is 0 Å². The third-order valence-corrected chi connectivity index (χ3v) is 5.77. The highest BCUT2D eigenvalue weighted by Crippen LogP contribution is 2.36. The molecule has 4 rings (SSSR count). The topological polar surface area (TPSA) is 89.4 Å². The number of halogens is 1. The first-order chi connectivity index (χ1) is 16.0. The summed E-state index contributed by atoms with van der Waals surface area (Å²) in [5.41, 5.74) is 3.31. The van der Waals surface area contributed by atoms with Crippen LogP contribution in [-0.2, 0) is 12.5 Å². The number of anilines is 2. The zero-order valence-electron chi connectivity index (χ0n) is 18.6. The lowest BCUT2D eigenvalue weighted by Gasteiger charge is -2.17. The van der Waals surface area contributed by atoms with Crippen LogP contribution >= 0.6 is 22.9 Å². The molecule has 2 aromatic carbocycles. The quantitative estimate of drug-likeness (QED) is 0.285. The van der Waals surface area contributed by atoms with Crippen molar-refractivity contribution in [2.75, 3.05) is 11.9 Å². The van der Waals surface area contributed by atoms with Gasteiger partial charge in [-0.05, 0) is 39.0 Å². The van der Waals surface area contributed by atoms with Gasteiger partial charge in [0.15, 0.2) is 11.5 Å². The van der Waals surface area contributed by atoms with Crippen molar-refractivity contribution in [3.05, 3.63) is 52.6 Å². The minimum absolute atomic E-state index is 0.00612. The van der Waals surface area contributed by atoms with Crippen LogP contribution in [0.15, 0.2) is 41.8 Å². The Hall–Kier alpha value is -2.94. The summed E-state index contributed by atoms with van der Waals surface area (Å²) in [5, 5.41) is 16.1. The molecule has 2 N–H and O–H groups in total. The lowest BCUT2D eigenvalue weighted by molar-refractivity contribution is 0.224. The summed E-state index contributed by atoms with van der Waals surface area (Å²) in [6, 6.07) is 11.6. The molecule has 0 bridgehead atoms. The van der Waals surface area contributed by atoms with Crippen LogP contribution in [0, 0.1) is 0 Å². The Balaban J connectivity index is 1.76. The van der Waals surface area contributed by atoms with Crippen molar-refractivity contribution in [3.8, 4) is 22.8 Å². The third-order valence-electron chi connectivity index (χ3n) is 4.70. The predicted molar refractivity (Wildman–Crippen MR) is 133 cm³/mol. The molecule has 0 saturated carbocycles.